The molecule has 2 rings (SSSR count). The van der Waals surface area contributed by atoms with Crippen molar-refractivity contribution in [3.63, 3.8) is 0 Å². The molecule has 0 aromatic heterocycles. The Balaban J connectivity index is 2.05. The van der Waals surface area contributed by atoms with E-state index in [0.717, 1.165) is 21.1 Å². The van der Waals surface area contributed by atoms with E-state index in [9.17, 15) is 4.79 Å². The zero-order valence-corrected chi connectivity index (χ0v) is 14.6. The smallest absolute Gasteiger partial charge is 0.193 e. The first-order valence-electron chi connectivity index (χ1n) is 6.30. The van der Waals surface area contributed by atoms with Crippen LogP contribution < -0.4 is 4.74 Å². The summed E-state index contributed by atoms with van der Waals surface area (Å²) in [5, 5.41) is 0.927. The average molecular weight is 445 g/mol. The molecule has 0 aliphatic heterocycles. The van der Waals surface area contributed by atoms with E-state index in [4.69, 9.17) is 4.74 Å². The number of hydrogen-bond acceptors (Lipinski definition) is 2. The Kier molecular flexibility index (Phi) is 6.04. The van der Waals surface area contributed by atoms with Crippen molar-refractivity contribution in [1.29, 1.82) is 0 Å². The lowest BCUT2D eigenvalue weighted by Crippen LogP contribution is -2.02. The van der Waals surface area contributed by atoms with Gasteiger partial charge in [-0.3, -0.25) is 4.79 Å². The second-order valence-electron chi connectivity index (χ2n) is 4.25. The van der Waals surface area contributed by atoms with Crippen molar-refractivity contribution in [2.75, 3.05) is 11.9 Å². The maximum absolute atomic E-state index is 12.3. The van der Waals surface area contributed by atoms with Gasteiger partial charge in [0.15, 0.2) is 5.78 Å². The van der Waals surface area contributed by atoms with Gasteiger partial charge in [0.2, 0.25) is 0 Å². The van der Waals surface area contributed by atoms with E-state index in [1.165, 1.54) is 0 Å². The van der Waals surface area contributed by atoms with Crippen molar-refractivity contribution >= 4 is 44.3 Å². The summed E-state index contributed by atoms with van der Waals surface area (Å²) in [5.74, 6) is 0.832. The maximum atomic E-state index is 12.3. The van der Waals surface area contributed by atoms with E-state index in [1.807, 2.05) is 48.5 Å². The summed E-state index contributed by atoms with van der Waals surface area (Å²) in [4.78, 5) is 12.3. The minimum absolute atomic E-state index is 0.0356. The van der Waals surface area contributed by atoms with E-state index in [1.54, 1.807) is 0 Å². The van der Waals surface area contributed by atoms with E-state index in [2.05, 4.69) is 38.5 Å². The minimum Gasteiger partial charge on any atom is -0.494 e. The molecule has 4 heteroatoms. The molecule has 0 aliphatic rings. The number of halogens is 2. The van der Waals surface area contributed by atoms with Crippen molar-refractivity contribution in [3.8, 4) is 5.75 Å². The number of hydrogen-bond donors (Lipinski definition) is 0. The average Bonchev–Trinajstić information content (AvgIpc) is 2.48. The first kappa shape index (κ1) is 15.5. The monoisotopic (exact) mass is 444 g/mol. The Labute approximate surface area is 140 Å². The van der Waals surface area contributed by atoms with Crippen LogP contribution in [0.3, 0.4) is 0 Å². The molecule has 0 spiro atoms. The van der Waals surface area contributed by atoms with Gasteiger partial charge in [-0.25, -0.2) is 0 Å². The zero-order valence-electron chi connectivity index (χ0n) is 10.8. The van der Waals surface area contributed by atoms with Crippen LogP contribution >= 0.6 is 38.5 Å². The first-order chi connectivity index (χ1) is 9.70. The molecule has 2 nitrogen and oxygen atoms in total. The highest BCUT2D eigenvalue weighted by atomic mass is 127. The predicted octanol–water partition coefficient (Wildman–Crippen LogP) is 4.69. The van der Waals surface area contributed by atoms with Gasteiger partial charge < -0.3 is 4.74 Å². The molecule has 104 valence electrons. The van der Waals surface area contributed by atoms with E-state index < -0.39 is 0 Å². The third-order valence-corrected chi connectivity index (χ3v) is 4.05. The van der Waals surface area contributed by atoms with E-state index in [-0.39, 0.29) is 5.78 Å². The van der Waals surface area contributed by atoms with Crippen LogP contribution in [0.1, 0.15) is 22.3 Å². The van der Waals surface area contributed by atoms with Crippen LogP contribution in [-0.4, -0.2) is 17.7 Å². The lowest BCUT2D eigenvalue weighted by molar-refractivity contribution is 0.103. The fourth-order valence-corrected chi connectivity index (χ4v) is 2.30. The lowest BCUT2D eigenvalue weighted by atomic mass is 10.0. The van der Waals surface area contributed by atoms with Crippen molar-refractivity contribution in [2.45, 2.75) is 6.42 Å². The minimum atomic E-state index is 0.0356. The molecule has 0 fully saturated rings. The Morgan fingerprint density at radius 3 is 2.10 bits per heavy atom. The molecule has 0 heterocycles. The molecule has 0 saturated carbocycles. The summed E-state index contributed by atoms with van der Waals surface area (Å²) in [6.07, 6.45) is 0.962. The predicted molar refractivity (Wildman–Crippen MR) is 92.9 cm³/mol. The molecule has 2 aromatic rings. The number of rotatable bonds is 6. The van der Waals surface area contributed by atoms with Crippen LogP contribution in [0.2, 0.25) is 0 Å². The highest BCUT2D eigenvalue weighted by Crippen LogP contribution is 2.16. The Morgan fingerprint density at radius 1 is 1.00 bits per heavy atom. The van der Waals surface area contributed by atoms with Gasteiger partial charge in [0.25, 0.3) is 0 Å². The molecule has 0 bridgehead atoms. The summed E-state index contributed by atoms with van der Waals surface area (Å²) in [5.41, 5.74) is 1.39. The molecule has 0 radical (unpaired) electrons. The van der Waals surface area contributed by atoms with Gasteiger partial charge in [0, 0.05) is 20.0 Å². The SMILES string of the molecule is O=C(c1ccc(I)cc1)c1ccc(OCCCBr)cc1. The normalized spacial score (nSPS) is 10.3. The molecule has 0 atom stereocenters. The fourth-order valence-electron chi connectivity index (χ4n) is 1.72. The van der Waals surface area contributed by atoms with Gasteiger partial charge in [0.05, 0.1) is 6.61 Å². The van der Waals surface area contributed by atoms with Gasteiger partial charge in [-0.2, -0.15) is 0 Å². The van der Waals surface area contributed by atoms with Gasteiger partial charge in [0.1, 0.15) is 5.75 Å². The topological polar surface area (TPSA) is 26.3 Å². The second kappa shape index (κ2) is 7.78. The summed E-state index contributed by atoms with van der Waals surface area (Å²) < 4.78 is 6.68. The molecule has 0 aliphatic carbocycles. The summed E-state index contributed by atoms with van der Waals surface area (Å²) in [6.45, 7) is 0.676. The third kappa shape index (κ3) is 4.31. The van der Waals surface area contributed by atoms with Crippen LogP contribution in [0.25, 0.3) is 0 Å². The maximum Gasteiger partial charge on any atom is 0.193 e. The number of alkyl halides is 1. The molecule has 2 aromatic carbocycles. The highest BCUT2D eigenvalue weighted by molar-refractivity contribution is 14.1. The molecular weight excluding hydrogens is 431 g/mol. The quantitative estimate of drug-likeness (QED) is 0.279. The van der Waals surface area contributed by atoms with Crippen molar-refractivity contribution in [2.24, 2.45) is 0 Å². The van der Waals surface area contributed by atoms with Gasteiger partial charge in [-0.15, -0.1) is 0 Å². The number of benzene rings is 2. The number of carbonyl (C=O) groups excluding carboxylic acids is 1. The van der Waals surface area contributed by atoms with Crippen LogP contribution in [0.5, 0.6) is 5.75 Å². The Morgan fingerprint density at radius 2 is 1.55 bits per heavy atom. The number of carbonyl (C=O) groups is 1. The summed E-state index contributed by atoms with van der Waals surface area (Å²) in [6, 6.07) is 14.9. The first-order valence-corrected chi connectivity index (χ1v) is 8.50. The van der Waals surface area contributed by atoms with Crippen LogP contribution in [-0.2, 0) is 0 Å². The molecule has 0 unspecified atom stereocenters. The molecule has 20 heavy (non-hydrogen) atoms. The standard InChI is InChI=1S/C16H14BrIO2/c17-10-1-11-20-15-8-4-13(5-9-15)16(19)12-2-6-14(18)7-3-12/h2-9H,1,10-11H2. The lowest BCUT2D eigenvalue weighted by Gasteiger charge is -2.06. The van der Waals surface area contributed by atoms with Gasteiger partial charge in [-0.05, 0) is 77.5 Å². The largest absolute Gasteiger partial charge is 0.494 e. The zero-order chi connectivity index (χ0) is 14.4. The Hall–Kier alpha value is -0.880. The molecule has 0 saturated heterocycles. The van der Waals surface area contributed by atoms with E-state index >= 15 is 0 Å². The summed E-state index contributed by atoms with van der Waals surface area (Å²) >= 11 is 5.58. The van der Waals surface area contributed by atoms with Crippen LogP contribution in [0, 0.1) is 3.57 Å². The molecule has 0 N–H and O–H groups in total. The van der Waals surface area contributed by atoms with Gasteiger partial charge in [-0.1, -0.05) is 15.9 Å². The van der Waals surface area contributed by atoms with Gasteiger partial charge >= 0.3 is 0 Å². The van der Waals surface area contributed by atoms with E-state index in [0.29, 0.717) is 17.7 Å². The van der Waals surface area contributed by atoms with Crippen LogP contribution in [0.15, 0.2) is 48.5 Å². The number of ketones is 1. The van der Waals surface area contributed by atoms with Crippen LogP contribution in [0.4, 0.5) is 0 Å². The number of ether oxygens (including phenoxy) is 1. The van der Waals surface area contributed by atoms with Crippen molar-refractivity contribution < 1.29 is 9.53 Å². The fraction of sp³-hybridized carbons (Fsp3) is 0.188. The second-order valence-corrected chi connectivity index (χ2v) is 6.29. The Bertz CT molecular complexity index is 564. The molecular formula is C16H14BrIO2. The highest BCUT2D eigenvalue weighted by Gasteiger charge is 2.08. The molecule has 0 amide bonds. The summed E-state index contributed by atoms with van der Waals surface area (Å²) in [7, 11) is 0. The third-order valence-electron chi connectivity index (χ3n) is 2.77. The van der Waals surface area contributed by atoms with Crippen molar-refractivity contribution in [3.05, 3.63) is 63.2 Å². The van der Waals surface area contributed by atoms with Crippen molar-refractivity contribution in [1.82, 2.24) is 0 Å².